The standard InChI is InChI=1S/C14H17BrFNO/c15-14-10(5-4-6-11(14)16)9-13(18)12-7-2-1-3-8-17-12/h4-6,12,17H,1-3,7-9H2. The number of halogens is 2. The zero-order valence-corrected chi connectivity index (χ0v) is 11.8. The fraction of sp³-hybridized carbons (Fsp3) is 0.500. The molecule has 1 unspecified atom stereocenters. The Hall–Kier alpha value is -0.740. The molecular formula is C14H17BrFNO. The molecule has 2 rings (SSSR count). The van der Waals surface area contributed by atoms with Crippen LogP contribution in [0.2, 0.25) is 0 Å². The minimum atomic E-state index is -0.311. The van der Waals surface area contributed by atoms with E-state index in [1.807, 2.05) is 0 Å². The van der Waals surface area contributed by atoms with Gasteiger partial charge in [0.05, 0.1) is 10.5 Å². The Kier molecular flexibility index (Phi) is 4.89. The molecule has 1 aliphatic rings. The van der Waals surface area contributed by atoms with Crippen LogP contribution in [0, 0.1) is 5.82 Å². The maximum absolute atomic E-state index is 13.4. The number of carbonyl (C=O) groups excluding carboxylic acids is 1. The summed E-state index contributed by atoms with van der Waals surface area (Å²) in [7, 11) is 0. The maximum Gasteiger partial charge on any atom is 0.154 e. The van der Waals surface area contributed by atoms with Crippen LogP contribution in [-0.4, -0.2) is 18.4 Å². The highest BCUT2D eigenvalue weighted by Gasteiger charge is 2.20. The largest absolute Gasteiger partial charge is 0.307 e. The summed E-state index contributed by atoms with van der Waals surface area (Å²) in [6, 6.07) is 4.76. The molecule has 1 saturated heterocycles. The van der Waals surface area contributed by atoms with Crippen LogP contribution in [0.1, 0.15) is 31.2 Å². The minimum absolute atomic E-state index is 0.0670. The van der Waals surface area contributed by atoms with Crippen molar-refractivity contribution < 1.29 is 9.18 Å². The lowest BCUT2D eigenvalue weighted by Crippen LogP contribution is -2.37. The van der Waals surface area contributed by atoms with Gasteiger partial charge in [-0.2, -0.15) is 0 Å². The molecule has 2 nitrogen and oxygen atoms in total. The van der Waals surface area contributed by atoms with Gasteiger partial charge in [-0.05, 0) is 46.9 Å². The van der Waals surface area contributed by atoms with Crippen molar-refractivity contribution in [1.29, 1.82) is 0 Å². The van der Waals surface area contributed by atoms with Crippen molar-refractivity contribution in [2.45, 2.75) is 38.1 Å². The summed E-state index contributed by atoms with van der Waals surface area (Å²) in [5.41, 5.74) is 0.728. The van der Waals surface area contributed by atoms with E-state index in [9.17, 15) is 9.18 Å². The smallest absolute Gasteiger partial charge is 0.154 e. The van der Waals surface area contributed by atoms with Gasteiger partial charge < -0.3 is 5.32 Å². The molecule has 1 aliphatic heterocycles. The number of benzene rings is 1. The fourth-order valence-electron chi connectivity index (χ4n) is 2.30. The summed E-state index contributed by atoms with van der Waals surface area (Å²) in [5.74, 6) is -0.155. The van der Waals surface area contributed by atoms with E-state index in [1.54, 1.807) is 12.1 Å². The van der Waals surface area contributed by atoms with Crippen molar-refractivity contribution in [2.24, 2.45) is 0 Å². The molecule has 18 heavy (non-hydrogen) atoms. The highest BCUT2D eigenvalue weighted by molar-refractivity contribution is 9.10. The van der Waals surface area contributed by atoms with Crippen LogP contribution < -0.4 is 5.32 Å². The molecule has 1 heterocycles. The van der Waals surface area contributed by atoms with Gasteiger partial charge in [0.1, 0.15) is 5.82 Å². The summed E-state index contributed by atoms with van der Waals surface area (Å²) in [6.07, 6.45) is 4.59. The van der Waals surface area contributed by atoms with Crippen LogP contribution in [0.25, 0.3) is 0 Å². The van der Waals surface area contributed by atoms with Crippen LogP contribution >= 0.6 is 15.9 Å². The normalized spacial score (nSPS) is 20.4. The SMILES string of the molecule is O=C(Cc1cccc(F)c1Br)C1CCCCCN1. The number of hydrogen-bond donors (Lipinski definition) is 1. The molecule has 0 bridgehead atoms. The number of hydrogen-bond acceptors (Lipinski definition) is 2. The van der Waals surface area contributed by atoms with E-state index in [2.05, 4.69) is 21.2 Å². The van der Waals surface area contributed by atoms with Gasteiger partial charge >= 0.3 is 0 Å². The van der Waals surface area contributed by atoms with E-state index >= 15 is 0 Å². The molecule has 0 amide bonds. The van der Waals surface area contributed by atoms with Crippen molar-refractivity contribution in [3.8, 4) is 0 Å². The van der Waals surface area contributed by atoms with Crippen molar-refractivity contribution in [2.75, 3.05) is 6.54 Å². The van der Waals surface area contributed by atoms with Crippen LogP contribution in [0.4, 0.5) is 4.39 Å². The Bertz CT molecular complexity index is 428. The minimum Gasteiger partial charge on any atom is -0.307 e. The summed E-state index contributed by atoms with van der Waals surface area (Å²) >= 11 is 3.20. The van der Waals surface area contributed by atoms with Gasteiger partial charge in [-0.25, -0.2) is 4.39 Å². The Labute approximate surface area is 115 Å². The number of nitrogens with one attached hydrogen (secondary N) is 1. The number of ketones is 1. The van der Waals surface area contributed by atoms with Gasteiger partial charge in [0.2, 0.25) is 0 Å². The average molecular weight is 314 g/mol. The van der Waals surface area contributed by atoms with Crippen LogP contribution in [0.15, 0.2) is 22.7 Å². The molecule has 98 valence electrons. The monoisotopic (exact) mass is 313 g/mol. The molecule has 1 N–H and O–H groups in total. The highest BCUT2D eigenvalue weighted by Crippen LogP contribution is 2.22. The van der Waals surface area contributed by atoms with Crippen LogP contribution in [0.3, 0.4) is 0 Å². The summed E-state index contributed by atoms with van der Waals surface area (Å²) in [5, 5.41) is 3.28. The van der Waals surface area contributed by atoms with E-state index < -0.39 is 0 Å². The third kappa shape index (κ3) is 3.39. The molecule has 0 aliphatic carbocycles. The van der Waals surface area contributed by atoms with E-state index in [-0.39, 0.29) is 24.1 Å². The molecule has 0 aromatic heterocycles. The van der Waals surface area contributed by atoms with Gasteiger partial charge in [-0.1, -0.05) is 25.0 Å². The van der Waals surface area contributed by atoms with Crippen molar-refractivity contribution >= 4 is 21.7 Å². The van der Waals surface area contributed by atoms with E-state index in [0.717, 1.165) is 31.4 Å². The van der Waals surface area contributed by atoms with Gasteiger partial charge in [0.25, 0.3) is 0 Å². The lowest BCUT2D eigenvalue weighted by molar-refractivity contribution is -0.120. The molecule has 1 aromatic carbocycles. The second kappa shape index (κ2) is 6.43. The maximum atomic E-state index is 13.4. The molecule has 1 atom stereocenters. The number of rotatable bonds is 3. The molecule has 0 spiro atoms. The molecule has 1 fully saturated rings. The molecule has 0 radical (unpaired) electrons. The third-order valence-corrected chi connectivity index (χ3v) is 4.23. The second-order valence-corrected chi connectivity index (χ2v) is 5.51. The zero-order chi connectivity index (χ0) is 13.0. The topological polar surface area (TPSA) is 29.1 Å². The van der Waals surface area contributed by atoms with Crippen LogP contribution in [0.5, 0.6) is 0 Å². The molecule has 1 aromatic rings. The molecule has 0 saturated carbocycles. The van der Waals surface area contributed by atoms with Gasteiger partial charge in [-0.15, -0.1) is 0 Å². The third-order valence-electron chi connectivity index (χ3n) is 3.35. The first-order chi connectivity index (χ1) is 8.68. The molecule has 4 heteroatoms. The lowest BCUT2D eigenvalue weighted by atomic mass is 10.0. The summed E-state index contributed by atoms with van der Waals surface area (Å²) in [6.45, 7) is 0.903. The Morgan fingerprint density at radius 1 is 1.39 bits per heavy atom. The predicted molar refractivity (Wildman–Crippen MR) is 73.1 cm³/mol. The fourth-order valence-corrected chi connectivity index (χ4v) is 2.70. The van der Waals surface area contributed by atoms with E-state index in [4.69, 9.17) is 0 Å². The highest BCUT2D eigenvalue weighted by atomic mass is 79.9. The van der Waals surface area contributed by atoms with E-state index in [0.29, 0.717) is 4.47 Å². The van der Waals surface area contributed by atoms with Gasteiger partial charge in [0, 0.05) is 6.42 Å². The van der Waals surface area contributed by atoms with Crippen molar-refractivity contribution in [3.63, 3.8) is 0 Å². The zero-order valence-electron chi connectivity index (χ0n) is 10.2. The van der Waals surface area contributed by atoms with Gasteiger partial charge in [0.15, 0.2) is 5.78 Å². The number of Topliss-reactive ketones (excluding diaryl/α,β-unsaturated/α-hetero) is 1. The second-order valence-electron chi connectivity index (χ2n) is 4.71. The summed E-state index contributed by atoms with van der Waals surface area (Å²) < 4.78 is 13.8. The first-order valence-corrected chi connectivity index (χ1v) is 7.17. The first kappa shape index (κ1) is 13.7. The van der Waals surface area contributed by atoms with Crippen molar-refractivity contribution in [3.05, 3.63) is 34.1 Å². The quantitative estimate of drug-likeness (QED) is 0.928. The van der Waals surface area contributed by atoms with Crippen LogP contribution in [-0.2, 0) is 11.2 Å². The Morgan fingerprint density at radius 2 is 2.22 bits per heavy atom. The van der Waals surface area contributed by atoms with E-state index in [1.165, 1.54) is 12.5 Å². The Balaban J connectivity index is 2.03. The first-order valence-electron chi connectivity index (χ1n) is 6.37. The lowest BCUT2D eigenvalue weighted by Gasteiger charge is -2.15. The van der Waals surface area contributed by atoms with Gasteiger partial charge in [-0.3, -0.25) is 4.79 Å². The number of carbonyl (C=O) groups is 1. The average Bonchev–Trinajstić information content (AvgIpc) is 2.63. The Morgan fingerprint density at radius 3 is 3.06 bits per heavy atom. The predicted octanol–water partition coefficient (Wildman–Crippen LogP) is 3.23. The summed E-state index contributed by atoms with van der Waals surface area (Å²) in [4.78, 5) is 12.2. The van der Waals surface area contributed by atoms with Crippen molar-refractivity contribution in [1.82, 2.24) is 5.32 Å². The molecular weight excluding hydrogens is 297 g/mol.